The lowest BCUT2D eigenvalue weighted by molar-refractivity contribution is -0.121. The van der Waals surface area contributed by atoms with Crippen LogP contribution in [0.5, 0.6) is 0 Å². The Morgan fingerprint density at radius 1 is 1.00 bits per heavy atom. The SMILES string of the molecule is CC(CNC(=O)CCCCCCN)N1CCN(c2ccccc2)CC1.Cl.Cl.Cl. The van der Waals surface area contributed by atoms with Crippen molar-refractivity contribution in [2.24, 2.45) is 5.73 Å². The molecule has 0 bridgehead atoms. The fourth-order valence-corrected chi connectivity index (χ4v) is 3.32. The van der Waals surface area contributed by atoms with Crippen molar-refractivity contribution in [3.05, 3.63) is 30.3 Å². The molecule has 1 aromatic rings. The summed E-state index contributed by atoms with van der Waals surface area (Å²) in [6, 6.07) is 11.0. The molecular weight excluding hydrogens is 419 g/mol. The monoisotopic (exact) mass is 454 g/mol. The number of piperazine rings is 1. The van der Waals surface area contributed by atoms with Gasteiger partial charge < -0.3 is 16.0 Å². The topological polar surface area (TPSA) is 61.6 Å². The number of halogens is 3. The molecule has 1 unspecified atom stereocenters. The van der Waals surface area contributed by atoms with Gasteiger partial charge in [-0.3, -0.25) is 9.69 Å². The normalized spacial score (nSPS) is 14.9. The Morgan fingerprint density at radius 2 is 1.61 bits per heavy atom. The maximum atomic E-state index is 11.9. The van der Waals surface area contributed by atoms with E-state index in [2.05, 4.69) is 52.4 Å². The molecule has 0 aliphatic carbocycles. The third-order valence-electron chi connectivity index (χ3n) is 5.01. The van der Waals surface area contributed by atoms with Crippen LogP contribution in [-0.2, 0) is 4.79 Å². The van der Waals surface area contributed by atoms with E-state index in [0.717, 1.165) is 65.0 Å². The van der Waals surface area contributed by atoms with Crippen LogP contribution in [0.1, 0.15) is 39.0 Å². The molecule has 3 N–H and O–H groups in total. The first kappa shape index (κ1) is 29.5. The lowest BCUT2D eigenvalue weighted by atomic mass is 10.1. The quantitative estimate of drug-likeness (QED) is 0.530. The zero-order valence-corrected chi connectivity index (χ0v) is 19.3. The molecule has 2 rings (SSSR count). The summed E-state index contributed by atoms with van der Waals surface area (Å²) in [7, 11) is 0. The number of hydrogen-bond acceptors (Lipinski definition) is 4. The molecule has 1 heterocycles. The average Bonchev–Trinajstić information content (AvgIpc) is 2.67. The number of nitrogens with zero attached hydrogens (tertiary/aromatic N) is 2. The van der Waals surface area contributed by atoms with Crippen LogP contribution in [-0.4, -0.2) is 56.1 Å². The second-order valence-electron chi connectivity index (χ2n) is 6.96. The van der Waals surface area contributed by atoms with E-state index < -0.39 is 0 Å². The van der Waals surface area contributed by atoms with Crippen molar-refractivity contribution in [2.45, 2.75) is 45.1 Å². The highest BCUT2D eigenvalue weighted by Gasteiger charge is 2.21. The maximum absolute atomic E-state index is 11.9. The van der Waals surface area contributed by atoms with Crippen molar-refractivity contribution in [1.29, 1.82) is 0 Å². The first-order chi connectivity index (χ1) is 12.2. The third kappa shape index (κ3) is 10.7. The number of anilines is 1. The molecule has 0 aromatic heterocycles. The van der Waals surface area contributed by atoms with Gasteiger partial charge in [0.05, 0.1) is 0 Å². The highest BCUT2D eigenvalue weighted by atomic mass is 35.5. The fourth-order valence-electron chi connectivity index (χ4n) is 3.32. The van der Waals surface area contributed by atoms with Gasteiger partial charge in [0.2, 0.25) is 5.91 Å². The largest absolute Gasteiger partial charge is 0.369 e. The lowest BCUT2D eigenvalue weighted by Crippen LogP contribution is -2.52. The minimum absolute atomic E-state index is 0. The summed E-state index contributed by atoms with van der Waals surface area (Å²) in [5, 5.41) is 3.09. The van der Waals surface area contributed by atoms with Crippen LogP contribution in [0.2, 0.25) is 0 Å². The van der Waals surface area contributed by atoms with Gasteiger partial charge in [0.25, 0.3) is 0 Å². The number of carbonyl (C=O) groups is 1. The van der Waals surface area contributed by atoms with Gasteiger partial charge in [-0.1, -0.05) is 31.0 Å². The van der Waals surface area contributed by atoms with Gasteiger partial charge in [-0.2, -0.15) is 0 Å². The number of hydrogen-bond donors (Lipinski definition) is 2. The average molecular weight is 456 g/mol. The zero-order chi connectivity index (χ0) is 17.9. The van der Waals surface area contributed by atoms with Crippen LogP contribution in [0.25, 0.3) is 0 Å². The molecule has 164 valence electrons. The Labute approximate surface area is 189 Å². The predicted molar refractivity (Wildman–Crippen MR) is 127 cm³/mol. The van der Waals surface area contributed by atoms with Crippen LogP contribution in [0.4, 0.5) is 5.69 Å². The van der Waals surface area contributed by atoms with Gasteiger partial charge in [-0.25, -0.2) is 0 Å². The van der Waals surface area contributed by atoms with Crippen molar-refractivity contribution in [2.75, 3.05) is 44.2 Å². The standard InChI is InChI=1S/C20H34N4O.3ClH/c1-18(17-22-20(25)11-7-2-3-8-12-21)23-13-15-24(16-14-23)19-9-5-4-6-10-19;;;/h4-6,9-10,18H,2-3,7-8,11-17,21H2,1H3,(H,22,25);3*1H. The molecule has 0 saturated carbocycles. The van der Waals surface area contributed by atoms with Crippen molar-refractivity contribution in [3.8, 4) is 0 Å². The Kier molecular flexibility index (Phi) is 18.1. The molecule has 1 aliphatic heterocycles. The third-order valence-corrected chi connectivity index (χ3v) is 5.01. The number of para-hydroxylation sites is 1. The highest BCUT2D eigenvalue weighted by Crippen LogP contribution is 2.16. The van der Waals surface area contributed by atoms with Crippen LogP contribution in [0, 0.1) is 0 Å². The number of benzene rings is 1. The second-order valence-corrected chi connectivity index (χ2v) is 6.96. The molecule has 1 fully saturated rings. The molecule has 5 nitrogen and oxygen atoms in total. The minimum atomic E-state index is 0. The molecule has 1 aliphatic rings. The molecule has 1 atom stereocenters. The van der Waals surface area contributed by atoms with Gasteiger partial charge in [0.15, 0.2) is 0 Å². The fraction of sp³-hybridized carbons (Fsp3) is 0.650. The van der Waals surface area contributed by atoms with Gasteiger partial charge in [-0.05, 0) is 38.4 Å². The summed E-state index contributed by atoms with van der Waals surface area (Å²) in [6.07, 6.45) is 4.90. The first-order valence-electron chi connectivity index (χ1n) is 9.71. The maximum Gasteiger partial charge on any atom is 0.220 e. The predicted octanol–water partition coefficient (Wildman–Crippen LogP) is 3.49. The zero-order valence-electron chi connectivity index (χ0n) is 16.8. The smallest absolute Gasteiger partial charge is 0.220 e. The lowest BCUT2D eigenvalue weighted by Gasteiger charge is -2.39. The number of amides is 1. The van der Waals surface area contributed by atoms with Gasteiger partial charge >= 0.3 is 0 Å². The van der Waals surface area contributed by atoms with Crippen LogP contribution >= 0.6 is 37.2 Å². The summed E-state index contributed by atoms with van der Waals surface area (Å²) in [5.41, 5.74) is 6.78. The van der Waals surface area contributed by atoms with E-state index in [0.29, 0.717) is 12.5 Å². The first-order valence-corrected chi connectivity index (χ1v) is 9.71. The van der Waals surface area contributed by atoms with Crippen molar-refractivity contribution in [1.82, 2.24) is 10.2 Å². The molecule has 1 amide bonds. The summed E-state index contributed by atoms with van der Waals surface area (Å²) in [4.78, 5) is 16.8. The Morgan fingerprint density at radius 3 is 2.21 bits per heavy atom. The van der Waals surface area contributed by atoms with Gasteiger partial charge in [-0.15, -0.1) is 37.2 Å². The van der Waals surface area contributed by atoms with Crippen LogP contribution < -0.4 is 16.0 Å². The number of carbonyl (C=O) groups excluding carboxylic acids is 1. The Bertz CT molecular complexity index is 499. The molecule has 8 heteroatoms. The molecule has 1 aromatic carbocycles. The number of rotatable bonds is 10. The number of unbranched alkanes of at least 4 members (excludes halogenated alkanes) is 3. The van der Waals surface area contributed by atoms with E-state index in [-0.39, 0.29) is 43.1 Å². The summed E-state index contributed by atoms with van der Waals surface area (Å²) in [5.74, 6) is 0.183. The van der Waals surface area contributed by atoms with E-state index in [1.165, 1.54) is 5.69 Å². The molecular formula is C20H37Cl3N4O. The van der Waals surface area contributed by atoms with E-state index in [1.807, 2.05) is 0 Å². The molecule has 0 radical (unpaired) electrons. The van der Waals surface area contributed by atoms with E-state index in [9.17, 15) is 4.79 Å². The van der Waals surface area contributed by atoms with Gasteiger partial charge in [0.1, 0.15) is 0 Å². The van der Waals surface area contributed by atoms with Crippen molar-refractivity contribution >= 4 is 48.8 Å². The number of nitrogens with two attached hydrogens (primary N) is 1. The van der Waals surface area contributed by atoms with Crippen LogP contribution in [0.15, 0.2) is 30.3 Å². The molecule has 1 saturated heterocycles. The van der Waals surface area contributed by atoms with E-state index in [4.69, 9.17) is 5.73 Å². The molecule has 28 heavy (non-hydrogen) atoms. The highest BCUT2D eigenvalue weighted by molar-refractivity contribution is 5.86. The van der Waals surface area contributed by atoms with Crippen LogP contribution in [0.3, 0.4) is 0 Å². The number of nitrogens with one attached hydrogen (secondary N) is 1. The Hall–Kier alpha value is -0.720. The summed E-state index contributed by atoms with van der Waals surface area (Å²) < 4.78 is 0. The van der Waals surface area contributed by atoms with Crippen molar-refractivity contribution < 1.29 is 4.79 Å². The molecule has 0 spiro atoms. The second kappa shape index (κ2) is 17.2. The van der Waals surface area contributed by atoms with E-state index >= 15 is 0 Å². The minimum Gasteiger partial charge on any atom is -0.369 e. The Balaban J connectivity index is 0. The summed E-state index contributed by atoms with van der Waals surface area (Å²) in [6.45, 7) is 7.89. The van der Waals surface area contributed by atoms with E-state index in [1.54, 1.807) is 0 Å². The van der Waals surface area contributed by atoms with Crippen molar-refractivity contribution in [3.63, 3.8) is 0 Å². The van der Waals surface area contributed by atoms with Gasteiger partial charge in [0, 0.05) is 50.9 Å². The summed E-state index contributed by atoms with van der Waals surface area (Å²) >= 11 is 0.